The van der Waals surface area contributed by atoms with Crippen LogP contribution in [-0.2, 0) is 0 Å². The lowest BCUT2D eigenvalue weighted by Crippen LogP contribution is -2.00. The molecule has 1 N–H and O–H groups in total. The number of anilines is 1. The third kappa shape index (κ3) is 4.87. The molecule has 4 rings (SSSR count). The van der Waals surface area contributed by atoms with Gasteiger partial charge >= 0.3 is 0 Å². The lowest BCUT2D eigenvalue weighted by Gasteiger charge is -2.11. The maximum absolute atomic E-state index is 5.45. The van der Waals surface area contributed by atoms with Crippen LogP contribution in [0.4, 0.5) is 5.95 Å². The second kappa shape index (κ2) is 9.54. The van der Waals surface area contributed by atoms with Crippen molar-refractivity contribution in [3.8, 4) is 34.0 Å². The minimum Gasteiger partial charge on any atom is -0.493 e. The average Bonchev–Trinajstić information content (AvgIpc) is 2.84. The Morgan fingerprint density at radius 3 is 2.03 bits per heavy atom. The Morgan fingerprint density at radius 2 is 1.35 bits per heavy atom. The van der Waals surface area contributed by atoms with E-state index in [2.05, 4.69) is 20.5 Å². The predicted octanol–water partition coefficient (Wildman–Crippen LogP) is 5.27. The van der Waals surface area contributed by atoms with E-state index < -0.39 is 0 Å². The van der Waals surface area contributed by atoms with Gasteiger partial charge in [-0.05, 0) is 29.8 Å². The minimum atomic E-state index is 0.401. The van der Waals surface area contributed by atoms with Gasteiger partial charge in [0.15, 0.2) is 11.5 Å². The number of hydrogen-bond donors (Lipinski definition) is 1. The SMILES string of the molecule is COc1ccc(-c2cc(-c3ccccc3)nc(NN=Cc3ccccc3)n2)cc1OC. The summed E-state index contributed by atoms with van der Waals surface area (Å²) in [7, 11) is 3.23. The molecule has 0 aliphatic carbocycles. The van der Waals surface area contributed by atoms with Crippen LogP contribution in [-0.4, -0.2) is 30.4 Å². The van der Waals surface area contributed by atoms with Gasteiger partial charge in [-0.3, -0.25) is 0 Å². The fourth-order valence-electron chi connectivity index (χ4n) is 3.10. The molecule has 0 bridgehead atoms. The fourth-order valence-corrected chi connectivity index (χ4v) is 3.10. The van der Waals surface area contributed by atoms with Crippen molar-refractivity contribution in [2.24, 2.45) is 5.10 Å². The second-order valence-electron chi connectivity index (χ2n) is 6.68. The molecule has 6 nitrogen and oxygen atoms in total. The van der Waals surface area contributed by atoms with Gasteiger partial charge in [0.1, 0.15) is 0 Å². The summed E-state index contributed by atoms with van der Waals surface area (Å²) in [5.41, 5.74) is 7.34. The molecule has 0 saturated carbocycles. The number of aromatic nitrogens is 2. The quantitative estimate of drug-likeness (QED) is 0.332. The summed E-state index contributed by atoms with van der Waals surface area (Å²) >= 11 is 0. The maximum atomic E-state index is 5.45. The molecular weight excluding hydrogens is 388 g/mol. The molecule has 0 fully saturated rings. The van der Waals surface area contributed by atoms with E-state index in [-0.39, 0.29) is 0 Å². The summed E-state index contributed by atoms with van der Waals surface area (Å²) < 4.78 is 10.8. The number of methoxy groups -OCH3 is 2. The average molecular weight is 410 g/mol. The van der Waals surface area contributed by atoms with Gasteiger partial charge in [0.05, 0.1) is 31.8 Å². The molecule has 0 spiro atoms. The van der Waals surface area contributed by atoms with E-state index in [4.69, 9.17) is 9.47 Å². The molecular formula is C25H22N4O2. The fraction of sp³-hybridized carbons (Fsp3) is 0.0800. The largest absolute Gasteiger partial charge is 0.493 e. The standard InChI is InChI=1S/C25H22N4O2/c1-30-23-14-13-20(15-24(23)31-2)22-16-21(19-11-7-4-8-12-19)27-25(28-22)29-26-17-18-9-5-3-6-10-18/h3-17H,1-2H3,(H,27,28,29). The van der Waals surface area contributed by atoms with Gasteiger partial charge in [-0.1, -0.05) is 60.7 Å². The number of ether oxygens (including phenoxy) is 2. The summed E-state index contributed by atoms with van der Waals surface area (Å²) in [6, 6.07) is 27.4. The molecule has 1 aromatic heterocycles. The van der Waals surface area contributed by atoms with E-state index in [1.165, 1.54) is 0 Å². The van der Waals surface area contributed by atoms with E-state index in [0.717, 1.165) is 28.1 Å². The zero-order chi connectivity index (χ0) is 21.5. The molecule has 0 aliphatic rings. The molecule has 0 aliphatic heterocycles. The highest BCUT2D eigenvalue weighted by Crippen LogP contribution is 2.33. The Hall–Kier alpha value is -4.19. The van der Waals surface area contributed by atoms with Gasteiger partial charge in [-0.25, -0.2) is 15.4 Å². The zero-order valence-electron chi connectivity index (χ0n) is 17.3. The summed E-state index contributed by atoms with van der Waals surface area (Å²) in [5.74, 6) is 1.70. The van der Waals surface area contributed by atoms with E-state index in [1.807, 2.05) is 84.9 Å². The van der Waals surface area contributed by atoms with Crippen LogP contribution < -0.4 is 14.9 Å². The number of hydrogen-bond acceptors (Lipinski definition) is 6. The van der Waals surface area contributed by atoms with E-state index >= 15 is 0 Å². The monoisotopic (exact) mass is 410 g/mol. The Balaban J connectivity index is 1.72. The van der Waals surface area contributed by atoms with Crippen LogP contribution in [0, 0.1) is 0 Å². The number of hydrazone groups is 1. The predicted molar refractivity (Wildman–Crippen MR) is 124 cm³/mol. The normalized spacial score (nSPS) is 10.8. The van der Waals surface area contributed by atoms with E-state index in [1.54, 1.807) is 20.4 Å². The van der Waals surface area contributed by atoms with Gasteiger partial charge in [-0.15, -0.1) is 0 Å². The first kappa shape index (κ1) is 20.1. The van der Waals surface area contributed by atoms with Crippen molar-refractivity contribution in [2.45, 2.75) is 0 Å². The van der Waals surface area contributed by atoms with Crippen LogP contribution in [0.5, 0.6) is 11.5 Å². The molecule has 0 saturated heterocycles. The first-order valence-corrected chi connectivity index (χ1v) is 9.78. The summed E-state index contributed by atoms with van der Waals surface area (Å²) in [4.78, 5) is 9.30. The van der Waals surface area contributed by atoms with Crippen LogP contribution in [0.25, 0.3) is 22.5 Å². The number of benzene rings is 3. The van der Waals surface area contributed by atoms with Crippen molar-refractivity contribution in [1.82, 2.24) is 9.97 Å². The highest BCUT2D eigenvalue weighted by atomic mass is 16.5. The van der Waals surface area contributed by atoms with Gasteiger partial charge in [-0.2, -0.15) is 5.10 Å². The molecule has 3 aromatic carbocycles. The topological polar surface area (TPSA) is 68.6 Å². The highest BCUT2D eigenvalue weighted by Gasteiger charge is 2.11. The smallest absolute Gasteiger partial charge is 0.244 e. The molecule has 6 heteroatoms. The van der Waals surface area contributed by atoms with Crippen molar-refractivity contribution < 1.29 is 9.47 Å². The summed E-state index contributed by atoms with van der Waals surface area (Å²) in [5, 5.41) is 4.30. The number of nitrogens with one attached hydrogen (secondary N) is 1. The van der Waals surface area contributed by atoms with Gasteiger partial charge in [0.25, 0.3) is 0 Å². The third-order valence-corrected chi connectivity index (χ3v) is 4.65. The van der Waals surface area contributed by atoms with Crippen molar-refractivity contribution in [2.75, 3.05) is 19.6 Å². The van der Waals surface area contributed by atoms with E-state index in [0.29, 0.717) is 17.4 Å². The molecule has 4 aromatic rings. The minimum absolute atomic E-state index is 0.401. The molecule has 0 atom stereocenters. The van der Waals surface area contributed by atoms with Crippen LogP contribution in [0.1, 0.15) is 5.56 Å². The molecule has 0 unspecified atom stereocenters. The van der Waals surface area contributed by atoms with Crippen LogP contribution >= 0.6 is 0 Å². The lowest BCUT2D eigenvalue weighted by atomic mass is 10.1. The Kier molecular flexibility index (Phi) is 6.18. The Bertz CT molecular complexity index is 1180. The molecule has 31 heavy (non-hydrogen) atoms. The van der Waals surface area contributed by atoms with Gasteiger partial charge in [0, 0.05) is 11.1 Å². The van der Waals surface area contributed by atoms with Gasteiger partial charge in [0.2, 0.25) is 5.95 Å². The van der Waals surface area contributed by atoms with Crippen LogP contribution in [0.15, 0.2) is 90.0 Å². The van der Waals surface area contributed by atoms with Crippen molar-refractivity contribution >= 4 is 12.2 Å². The Labute approximate surface area is 181 Å². The number of nitrogens with zero attached hydrogens (tertiary/aromatic N) is 3. The van der Waals surface area contributed by atoms with Crippen molar-refractivity contribution in [3.05, 3.63) is 90.5 Å². The first-order valence-electron chi connectivity index (χ1n) is 9.78. The summed E-state index contributed by atoms with van der Waals surface area (Å²) in [6.07, 6.45) is 1.73. The third-order valence-electron chi connectivity index (χ3n) is 4.65. The van der Waals surface area contributed by atoms with Crippen LogP contribution in [0.3, 0.4) is 0 Å². The lowest BCUT2D eigenvalue weighted by molar-refractivity contribution is 0.355. The van der Waals surface area contributed by atoms with Crippen LogP contribution in [0.2, 0.25) is 0 Å². The number of rotatable bonds is 7. The second-order valence-corrected chi connectivity index (χ2v) is 6.68. The summed E-state index contributed by atoms with van der Waals surface area (Å²) in [6.45, 7) is 0. The maximum Gasteiger partial charge on any atom is 0.244 e. The van der Waals surface area contributed by atoms with E-state index in [9.17, 15) is 0 Å². The molecule has 154 valence electrons. The molecule has 0 radical (unpaired) electrons. The van der Waals surface area contributed by atoms with Gasteiger partial charge < -0.3 is 9.47 Å². The first-order chi connectivity index (χ1) is 15.3. The zero-order valence-corrected chi connectivity index (χ0v) is 17.3. The van der Waals surface area contributed by atoms with Crippen molar-refractivity contribution in [3.63, 3.8) is 0 Å². The Morgan fingerprint density at radius 1 is 0.710 bits per heavy atom. The van der Waals surface area contributed by atoms with Crippen molar-refractivity contribution in [1.29, 1.82) is 0 Å². The highest BCUT2D eigenvalue weighted by molar-refractivity contribution is 5.80. The molecule has 0 amide bonds. The molecule has 1 heterocycles.